The van der Waals surface area contributed by atoms with E-state index < -0.39 is 32.5 Å². The Morgan fingerprint density at radius 1 is 0.867 bits per heavy atom. The van der Waals surface area contributed by atoms with E-state index in [1.165, 1.54) is 19.3 Å². The molecule has 0 bridgehead atoms. The normalized spacial score (nSPS) is 12.8. The Balaban J connectivity index is 3.93. The van der Waals surface area contributed by atoms with E-state index in [1.807, 2.05) is 0 Å². The van der Waals surface area contributed by atoms with Gasteiger partial charge in [-0.05, 0) is 32.1 Å². The van der Waals surface area contributed by atoms with E-state index in [2.05, 4.69) is 23.6 Å². The van der Waals surface area contributed by atoms with Crippen LogP contribution in [-0.2, 0) is 28.2 Å². The lowest BCUT2D eigenvalue weighted by molar-refractivity contribution is -0.161. The molecular weight excluding hydrogens is 411 g/mol. The number of esters is 2. The molecule has 0 aromatic heterocycles. The zero-order chi connectivity index (χ0) is 22.7. The average Bonchev–Trinajstić information content (AvgIpc) is 2.69. The van der Waals surface area contributed by atoms with E-state index in [0.29, 0.717) is 6.42 Å². The van der Waals surface area contributed by atoms with Crippen LogP contribution in [0.5, 0.6) is 0 Å². The maximum absolute atomic E-state index is 12.0. The molecule has 0 aliphatic carbocycles. The Kier molecular flexibility index (Phi) is 17.8. The largest absolute Gasteiger partial charge is 0.469 e. The minimum atomic E-state index is -4.70. The molecule has 0 radical (unpaired) electrons. The SMILES string of the molecule is CCCCC/C=C\CCCCCCCC(=O)OC(COC(=O)CC)COP(=O)(O)O. The molecular formula is C21H39O8P. The number of hydrogen-bond donors (Lipinski definition) is 2. The van der Waals surface area contributed by atoms with Gasteiger partial charge < -0.3 is 19.3 Å². The smallest absolute Gasteiger partial charge is 0.462 e. The molecule has 0 rings (SSSR count). The molecule has 0 fully saturated rings. The van der Waals surface area contributed by atoms with Crippen molar-refractivity contribution in [2.24, 2.45) is 0 Å². The molecule has 0 saturated carbocycles. The third kappa shape index (κ3) is 20.1. The average molecular weight is 451 g/mol. The fraction of sp³-hybridized carbons (Fsp3) is 0.810. The molecule has 1 atom stereocenters. The Morgan fingerprint density at radius 3 is 2.07 bits per heavy atom. The molecule has 0 heterocycles. The minimum Gasteiger partial charge on any atom is -0.462 e. The van der Waals surface area contributed by atoms with Crippen LogP contribution in [0.3, 0.4) is 0 Å². The zero-order valence-corrected chi connectivity index (χ0v) is 19.3. The molecule has 0 spiro atoms. The lowest BCUT2D eigenvalue weighted by Gasteiger charge is -2.18. The number of carbonyl (C=O) groups excluding carboxylic acids is 2. The molecule has 0 aromatic carbocycles. The predicted molar refractivity (Wildman–Crippen MR) is 115 cm³/mol. The molecule has 8 nitrogen and oxygen atoms in total. The number of allylic oxidation sites excluding steroid dienone is 2. The van der Waals surface area contributed by atoms with Gasteiger partial charge >= 0.3 is 19.8 Å². The van der Waals surface area contributed by atoms with Crippen LogP contribution in [0, 0.1) is 0 Å². The summed E-state index contributed by atoms with van der Waals surface area (Å²) in [6, 6.07) is 0. The summed E-state index contributed by atoms with van der Waals surface area (Å²) in [5, 5.41) is 0. The third-order valence-electron chi connectivity index (χ3n) is 4.34. The van der Waals surface area contributed by atoms with Gasteiger partial charge in [0.1, 0.15) is 6.61 Å². The second kappa shape index (κ2) is 18.6. The summed E-state index contributed by atoms with van der Waals surface area (Å²) in [6.07, 6.45) is 14.7. The van der Waals surface area contributed by atoms with Crippen molar-refractivity contribution in [1.82, 2.24) is 0 Å². The van der Waals surface area contributed by atoms with Gasteiger partial charge in [-0.2, -0.15) is 0 Å². The number of ether oxygens (including phenoxy) is 2. The quantitative estimate of drug-likeness (QED) is 0.124. The lowest BCUT2D eigenvalue weighted by atomic mass is 10.1. The highest BCUT2D eigenvalue weighted by atomic mass is 31.2. The van der Waals surface area contributed by atoms with Crippen LogP contribution in [0.25, 0.3) is 0 Å². The number of phosphoric ester groups is 1. The summed E-state index contributed by atoms with van der Waals surface area (Å²) in [4.78, 5) is 40.8. The van der Waals surface area contributed by atoms with Crippen LogP contribution in [0.15, 0.2) is 12.2 Å². The van der Waals surface area contributed by atoms with E-state index in [9.17, 15) is 14.2 Å². The summed E-state index contributed by atoms with van der Waals surface area (Å²) < 4.78 is 25.2. The van der Waals surface area contributed by atoms with Crippen LogP contribution in [0.1, 0.15) is 90.9 Å². The van der Waals surface area contributed by atoms with Gasteiger partial charge in [0.2, 0.25) is 0 Å². The van der Waals surface area contributed by atoms with Crippen molar-refractivity contribution >= 4 is 19.8 Å². The van der Waals surface area contributed by atoms with Gasteiger partial charge in [0.25, 0.3) is 0 Å². The highest BCUT2D eigenvalue weighted by molar-refractivity contribution is 7.46. The first-order chi connectivity index (χ1) is 14.3. The molecule has 9 heteroatoms. The fourth-order valence-electron chi connectivity index (χ4n) is 2.64. The predicted octanol–water partition coefficient (Wildman–Crippen LogP) is 4.83. The minimum absolute atomic E-state index is 0.147. The number of carbonyl (C=O) groups is 2. The number of unbranched alkanes of at least 4 members (excludes halogenated alkanes) is 8. The summed E-state index contributed by atoms with van der Waals surface area (Å²) in [5.74, 6) is -1.00. The molecule has 0 aromatic rings. The molecule has 2 N–H and O–H groups in total. The van der Waals surface area contributed by atoms with E-state index >= 15 is 0 Å². The first kappa shape index (κ1) is 28.8. The Labute approximate surface area is 180 Å². The Hall–Kier alpha value is -1.21. The lowest BCUT2D eigenvalue weighted by Crippen LogP contribution is -2.29. The maximum atomic E-state index is 12.0. The standard InChI is InChI=1S/C21H39O8P/c1-3-5-6-7-8-9-10-11-12-13-14-15-16-21(23)29-19(17-27-20(22)4-2)18-28-30(24,25)26/h8-9,19H,3-7,10-18H2,1-2H3,(H2,24,25,26)/b9-8-. The van der Waals surface area contributed by atoms with Crippen molar-refractivity contribution in [3.63, 3.8) is 0 Å². The van der Waals surface area contributed by atoms with Gasteiger partial charge in [-0.3, -0.25) is 14.1 Å². The van der Waals surface area contributed by atoms with Crippen LogP contribution >= 0.6 is 7.82 Å². The Morgan fingerprint density at radius 2 is 1.47 bits per heavy atom. The van der Waals surface area contributed by atoms with E-state index in [4.69, 9.17) is 19.3 Å². The van der Waals surface area contributed by atoms with Crippen LogP contribution in [-0.4, -0.2) is 41.0 Å². The highest BCUT2D eigenvalue weighted by Crippen LogP contribution is 2.35. The summed E-state index contributed by atoms with van der Waals surface area (Å²) in [6.45, 7) is 2.97. The molecule has 1 unspecified atom stereocenters. The summed E-state index contributed by atoms with van der Waals surface area (Å²) >= 11 is 0. The van der Waals surface area contributed by atoms with Crippen molar-refractivity contribution in [3.05, 3.63) is 12.2 Å². The van der Waals surface area contributed by atoms with Crippen molar-refractivity contribution in [2.75, 3.05) is 13.2 Å². The van der Waals surface area contributed by atoms with Gasteiger partial charge in [-0.1, -0.05) is 58.1 Å². The molecule has 30 heavy (non-hydrogen) atoms. The van der Waals surface area contributed by atoms with Crippen molar-refractivity contribution in [1.29, 1.82) is 0 Å². The fourth-order valence-corrected chi connectivity index (χ4v) is 3.00. The maximum Gasteiger partial charge on any atom is 0.469 e. The zero-order valence-electron chi connectivity index (χ0n) is 18.4. The third-order valence-corrected chi connectivity index (χ3v) is 4.82. The molecule has 0 aliphatic rings. The monoisotopic (exact) mass is 450 g/mol. The first-order valence-corrected chi connectivity index (χ1v) is 12.5. The number of phosphoric acid groups is 1. The van der Waals surface area contributed by atoms with Gasteiger partial charge in [-0.25, -0.2) is 4.57 Å². The topological polar surface area (TPSA) is 119 Å². The van der Waals surface area contributed by atoms with Crippen molar-refractivity contribution in [2.45, 2.75) is 97.0 Å². The summed E-state index contributed by atoms with van der Waals surface area (Å²) in [7, 11) is -4.70. The van der Waals surface area contributed by atoms with E-state index in [-0.39, 0.29) is 19.4 Å². The summed E-state index contributed by atoms with van der Waals surface area (Å²) in [5.41, 5.74) is 0. The second-order valence-corrected chi connectivity index (χ2v) is 8.45. The molecule has 176 valence electrons. The van der Waals surface area contributed by atoms with E-state index in [1.54, 1.807) is 6.92 Å². The number of rotatable bonds is 19. The van der Waals surface area contributed by atoms with E-state index in [0.717, 1.165) is 38.5 Å². The second-order valence-electron chi connectivity index (χ2n) is 7.21. The van der Waals surface area contributed by atoms with Crippen molar-refractivity contribution < 1.29 is 37.9 Å². The highest BCUT2D eigenvalue weighted by Gasteiger charge is 2.22. The molecule has 0 aliphatic heterocycles. The van der Waals surface area contributed by atoms with Crippen LogP contribution in [0.2, 0.25) is 0 Å². The van der Waals surface area contributed by atoms with Crippen LogP contribution in [0.4, 0.5) is 0 Å². The first-order valence-electron chi connectivity index (χ1n) is 11.0. The molecule has 0 saturated heterocycles. The van der Waals surface area contributed by atoms with Crippen LogP contribution < -0.4 is 0 Å². The Bertz CT molecular complexity index is 529. The van der Waals surface area contributed by atoms with Gasteiger partial charge in [0.05, 0.1) is 6.61 Å². The molecule has 0 amide bonds. The van der Waals surface area contributed by atoms with Gasteiger partial charge in [0, 0.05) is 12.8 Å². The number of hydrogen-bond acceptors (Lipinski definition) is 6. The van der Waals surface area contributed by atoms with Gasteiger partial charge in [0.15, 0.2) is 6.10 Å². The van der Waals surface area contributed by atoms with Gasteiger partial charge in [-0.15, -0.1) is 0 Å². The van der Waals surface area contributed by atoms with Crippen molar-refractivity contribution in [3.8, 4) is 0 Å².